The molecule has 1 saturated carbocycles. The molecule has 0 saturated heterocycles. The average Bonchev–Trinajstić information content (AvgIpc) is 2.35. The molecule has 0 unspecified atom stereocenters. The van der Waals surface area contributed by atoms with Crippen LogP contribution in [0.5, 0.6) is 0 Å². The van der Waals surface area contributed by atoms with E-state index in [1.807, 2.05) is 0 Å². The van der Waals surface area contributed by atoms with E-state index in [4.69, 9.17) is 27.9 Å². The van der Waals surface area contributed by atoms with Gasteiger partial charge in [-0.05, 0) is 37.2 Å². The highest BCUT2D eigenvalue weighted by Crippen LogP contribution is 2.36. The van der Waals surface area contributed by atoms with Crippen LogP contribution in [0.25, 0.3) is 0 Å². The number of aromatic nitrogens is 1. The molecule has 0 amide bonds. The summed E-state index contributed by atoms with van der Waals surface area (Å²) in [5, 5.41) is 0.457. The van der Waals surface area contributed by atoms with Crippen LogP contribution in [0, 0.1) is 5.41 Å². The Morgan fingerprint density at radius 1 is 1.37 bits per heavy atom. The van der Waals surface area contributed by atoms with Crippen LogP contribution in [-0.4, -0.2) is 17.1 Å². The van der Waals surface area contributed by atoms with E-state index < -0.39 is 0 Å². The number of carbonyl (C=O) groups is 1. The van der Waals surface area contributed by atoms with Gasteiger partial charge in [-0.25, -0.2) is 9.78 Å². The van der Waals surface area contributed by atoms with E-state index in [0.29, 0.717) is 11.0 Å². The van der Waals surface area contributed by atoms with Crippen molar-refractivity contribution in [3.8, 4) is 0 Å². The maximum atomic E-state index is 12.0. The summed E-state index contributed by atoms with van der Waals surface area (Å²) in [5.74, 6) is -0.379. The minimum absolute atomic E-state index is 0.00465. The van der Waals surface area contributed by atoms with Crippen molar-refractivity contribution in [1.29, 1.82) is 0 Å². The predicted octanol–water partition coefficient (Wildman–Crippen LogP) is 4.51. The highest BCUT2D eigenvalue weighted by atomic mass is 35.5. The number of rotatable bonds is 2. The first-order valence-electron chi connectivity index (χ1n) is 6.39. The van der Waals surface area contributed by atoms with Gasteiger partial charge in [0, 0.05) is 6.20 Å². The summed E-state index contributed by atoms with van der Waals surface area (Å²) in [6.45, 7) is 4.49. The molecule has 0 N–H and O–H groups in total. The summed E-state index contributed by atoms with van der Waals surface area (Å²) in [7, 11) is 0. The molecule has 5 heteroatoms. The zero-order valence-corrected chi connectivity index (χ0v) is 12.6. The Morgan fingerprint density at radius 2 is 2.00 bits per heavy atom. The Bertz CT molecular complexity index is 478. The first-order chi connectivity index (χ1) is 8.87. The van der Waals surface area contributed by atoms with Gasteiger partial charge in [0.05, 0.1) is 10.6 Å². The molecular weight excluding hydrogens is 285 g/mol. The maximum absolute atomic E-state index is 12.0. The van der Waals surface area contributed by atoms with Crippen molar-refractivity contribution >= 4 is 29.2 Å². The van der Waals surface area contributed by atoms with E-state index in [2.05, 4.69) is 18.8 Å². The molecule has 2 rings (SSSR count). The fourth-order valence-corrected chi connectivity index (χ4v) is 2.51. The van der Waals surface area contributed by atoms with Gasteiger partial charge in [0.2, 0.25) is 0 Å². The molecule has 0 bridgehead atoms. The van der Waals surface area contributed by atoms with Crippen molar-refractivity contribution in [1.82, 2.24) is 4.98 Å². The number of ether oxygens (including phenoxy) is 1. The van der Waals surface area contributed by atoms with E-state index in [-0.39, 0.29) is 22.2 Å². The lowest BCUT2D eigenvalue weighted by molar-refractivity contribution is 0.00947. The van der Waals surface area contributed by atoms with E-state index in [0.717, 1.165) is 25.7 Å². The van der Waals surface area contributed by atoms with Gasteiger partial charge >= 0.3 is 5.97 Å². The molecule has 0 aliphatic heterocycles. The molecule has 1 aromatic rings. The lowest BCUT2D eigenvalue weighted by Crippen LogP contribution is -2.28. The van der Waals surface area contributed by atoms with E-state index in [1.54, 1.807) is 0 Å². The summed E-state index contributed by atoms with van der Waals surface area (Å²) >= 11 is 11.5. The third-order valence-electron chi connectivity index (χ3n) is 3.59. The van der Waals surface area contributed by atoms with Crippen LogP contribution in [0.15, 0.2) is 12.3 Å². The number of halogens is 2. The fourth-order valence-electron chi connectivity index (χ4n) is 2.24. The molecule has 0 atom stereocenters. The van der Waals surface area contributed by atoms with E-state index in [1.165, 1.54) is 12.3 Å². The van der Waals surface area contributed by atoms with E-state index >= 15 is 0 Å². The number of hydrogen-bond acceptors (Lipinski definition) is 3. The highest BCUT2D eigenvalue weighted by Gasteiger charge is 2.29. The number of esters is 1. The molecule has 0 aromatic carbocycles. The van der Waals surface area contributed by atoms with Gasteiger partial charge in [-0.1, -0.05) is 37.0 Å². The minimum Gasteiger partial charge on any atom is -0.459 e. The molecular formula is C14H17Cl2NO2. The molecule has 1 heterocycles. The van der Waals surface area contributed by atoms with Crippen molar-refractivity contribution in [2.45, 2.75) is 45.6 Å². The molecule has 104 valence electrons. The SMILES string of the molecule is CC1(C)CCC(OC(=O)c2cnc(Cl)c(Cl)c2)CC1. The number of carbonyl (C=O) groups excluding carboxylic acids is 1. The van der Waals surface area contributed by atoms with Crippen LogP contribution < -0.4 is 0 Å². The largest absolute Gasteiger partial charge is 0.459 e. The second-order valence-electron chi connectivity index (χ2n) is 5.77. The van der Waals surface area contributed by atoms with Crippen LogP contribution in [0.3, 0.4) is 0 Å². The fraction of sp³-hybridized carbons (Fsp3) is 0.571. The minimum atomic E-state index is -0.379. The standard InChI is InChI=1S/C14H17Cl2NO2/c1-14(2)5-3-10(4-6-14)19-13(18)9-7-11(15)12(16)17-8-9/h7-8,10H,3-6H2,1-2H3. The summed E-state index contributed by atoms with van der Waals surface area (Å²) in [6.07, 6.45) is 5.36. The Labute approximate surface area is 123 Å². The van der Waals surface area contributed by atoms with Crippen molar-refractivity contribution in [2.75, 3.05) is 0 Å². The van der Waals surface area contributed by atoms with Gasteiger partial charge < -0.3 is 4.74 Å². The normalized spacial score (nSPS) is 19.2. The Hall–Kier alpha value is -0.800. The molecule has 1 aliphatic rings. The van der Waals surface area contributed by atoms with Gasteiger partial charge in [-0.15, -0.1) is 0 Å². The Balaban J connectivity index is 1.96. The number of hydrogen-bond donors (Lipinski definition) is 0. The van der Waals surface area contributed by atoms with Crippen molar-refractivity contribution in [3.63, 3.8) is 0 Å². The zero-order chi connectivity index (χ0) is 14.0. The number of pyridine rings is 1. The quantitative estimate of drug-likeness (QED) is 0.596. The van der Waals surface area contributed by atoms with Crippen molar-refractivity contribution in [3.05, 3.63) is 28.0 Å². The topological polar surface area (TPSA) is 39.2 Å². The molecule has 0 radical (unpaired) electrons. The van der Waals surface area contributed by atoms with Gasteiger partial charge in [-0.3, -0.25) is 0 Å². The second-order valence-corrected chi connectivity index (χ2v) is 6.53. The lowest BCUT2D eigenvalue weighted by Gasteiger charge is -2.33. The third kappa shape index (κ3) is 3.83. The Morgan fingerprint density at radius 3 is 2.58 bits per heavy atom. The second kappa shape index (κ2) is 5.68. The van der Waals surface area contributed by atoms with Gasteiger partial charge in [0.1, 0.15) is 11.3 Å². The summed E-state index contributed by atoms with van der Waals surface area (Å²) in [4.78, 5) is 15.8. The molecule has 19 heavy (non-hydrogen) atoms. The molecule has 1 fully saturated rings. The average molecular weight is 302 g/mol. The van der Waals surface area contributed by atoms with E-state index in [9.17, 15) is 4.79 Å². The monoisotopic (exact) mass is 301 g/mol. The van der Waals surface area contributed by atoms with Gasteiger partial charge in [-0.2, -0.15) is 0 Å². The van der Waals surface area contributed by atoms with Crippen molar-refractivity contribution in [2.24, 2.45) is 5.41 Å². The summed E-state index contributed by atoms with van der Waals surface area (Å²) < 4.78 is 5.48. The Kier molecular flexibility index (Phi) is 4.36. The van der Waals surface area contributed by atoms with Crippen LogP contribution in [0.2, 0.25) is 10.2 Å². The van der Waals surface area contributed by atoms with Crippen LogP contribution in [0.1, 0.15) is 49.9 Å². The van der Waals surface area contributed by atoms with Crippen LogP contribution in [0.4, 0.5) is 0 Å². The number of nitrogens with zero attached hydrogens (tertiary/aromatic N) is 1. The van der Waals surface area contributed by atoms with Gasteiger partial charge in [0.15, 0.2) is 0 Å². The predicted molar refractivity (Wildman–Crippen MR) is 75.7 cm³/mol. The highest BCUT2D eigenvalue weighted by molar-refractivity contribution is 6.41. The van der Waals surface area contributed by atoms with Crippen molar-refractivity contribution < 1.29 is 9.53 Å². The van der Waals surface area contributed by atoms with Crippen LogP contribution in [-0.2, 0) is 4.74 Å². The smallest absolute Gasteiger partial charge is 0.340 e. The maximum Gasteiger partial charge on any atom is 0.340 e. The molecule has 1 aliphatic carbocycles. The summed E-state index contributed by atoms with van der Waals surface area (Å²) in [5.41, 5.74) is 0.702. The third-order valence-corrected chi connectivity index (χ3v) is 4.28. The zero-order valence-electron chi connectivity index (χ0n) is 11.1. The molecule has 3 nitrogen and oxygen atoms in total. The first kappa shape index (κ1) is 14.6. The lowest BCUT2D eigenvalue weighted by atomic mass is 9.76. The molecule has 1 aromatic heterocycles. The molecule has 0 spiro atoms. The first-order valence-corrected chi connectivity index (χ1v) is 7.15. The summed E-state index contributed by atoms with van der Waals surface area (Å²) in [6, 6.07) is 1.49. The van der Waals surface area contributed by atoms with Gasteiger partial charge in [0.25, 0.3) is 0 Å². The van der Waals surface area contributed by atoms with Crippen LogP contribution >= 0.6 is 23.2 Å².